The van der Waals surface area contributed by atoms with Gasteiger partial charge in [-0.1, -0.05) is 31.9 Å². The van der Waals surface area contributed by atoms with E-state index in [9.17, 15) is 4.39 Å². The number of halogens is 1. The van der Waals surface area contributed by atoms with Gasteiger partial charge in [0.2, 0.25) is 0 Å². The average Bonchev–Trinajstić information content (AvgIpc) is 3.07. The van der Waals surface area contributed by atoms with E-state index < -0.39 is 5.82 Å². The second kappa shape index (κ2) is 7.70. The molecule has 0 amide bonds. The van der Waals surface area contributed by atoms with Gasteiger partial charge in [-0.05, 0) is 35.4 Å². The normalized spacial score (nSPS) is 11.5. The monoisotopic (exact) mass is 359 g/mol. The standard InChI is InChI=1S/C21H18FN5/c1-5-14(2)19-20(15(3)7-6-11-23-4)26-27-12-10-18(25-21(19)27)17-9-8-16(22)13-24-17/h5-13H,1-3H2,4H3/b7-6-,23-11?. The largest absolute Gasteiger partial charge is 0.297 e. The number of hydrogen-bond acceptors (Lipinski definition) is 4. The molecule has 0 aliphatic carbocycles. The predicted octanol–water partition coefficient (Wildman–Crippen LogP) is 4.40. The molecular weight excluding hydrogens is 341 g/mol. The number of allylic oxidation sites excluding steroid dienone is 5. The smallest absolute Gasteiger partial charge is 0.164 e. The Morgan fingerprint density at radius 2 is 2.00 bits per heavy atom. The van der Waals surface area contributed by atoms with E-state index in [1.807, 2.05) is 6.08 Å². The van der Waals surface area contributed by atoms with Crippen LogP contribution in [0.15, 0.2) is 73.6 Å². The van der Waals surface area contributed by atoms with Crippen molar-refractivity contribution < 1.29 is 4.39 Å². The topological polar surface area (TPSA) is 55.4 Å². The van der Waals surface area contributed by atoms with Crippen LogP contribution in [0.2, 0.25) is 0 Å². The zero-order chi connectivity index (χ0) is 19.4. The highest BCUT2D eigenvalue weighted by Crippen LogP contribution is 2.29. The molecule has 0 spiro atoms. The van der Waals surface area contributed by atoms with Crippen molar-refractivity contribution in [1.29, 1.82) is 0 Å². The maximum Gasteiger partial charge on any atom is 0.164 e. The number of nitrogens with zero attached hydrogens (tertiary/aromatic N) is 5. The molecule has 0 saturated carbocycles. The van der Waals surface area contributed by atoms with Crippen LogP contribution in [0.4, 0.5) is 4.39 Å². The molecule has 5 nitrogen and oxygen atoms in total. The number of pyridine rings is 1. The fraction of sp³-hybridized carbons (Fsp3) is 0.0476. The van der Waals surface area contributed by atoms with Crippen molar-refractivity contribution in [3.63, 3.8) is 0 Å². The highest BCUT2D eigenvalue weighted by molar-refractivity contribution is 5.91. The Morgan fingerprint density at radius 1 is 1.19 bits per heavy atom. The second-order valence-corrected chi connectivity index (χ2v) is 5.69. The number of aliphatic imine (C=N–C) groups is 1. The molecule has 0 radical (unpaired) electrons. The summed E-state index contributed by atoms with van der Waals surface area (Å²) in [5.41, 5.74) is 4.52. The van der Waals surface area contributed by atoms with Crippen LogP contribution >= 0.6 is 0 Å². The van der Waals surface area contributed by atoms with Gasteiger partial charge in [-0.25, -0.2) is 13.9 Å². The summed E-state index contributed by atoms with van der Waals surface area (Å²) in [6.07, 6.45) is 9.85. The lowest BCUT2D eigenvalue weighted by Gasteiger charge is -2.04. The van der Waals surface area contributed by atoms with Gasteiger partial charge in [-0.15, -0.1) is 0 Å². The van der Waals surface area contributed by atoms with E-state index in [4.69, 9.17) is 0 Å². The summed E-state index contributed by atoms with van der Waals surface area (Å²) in [7, 11) is 1.69. The quantitative estimate of drug-likeness (QED) is 0.484. The van der Waals surface area contributed by atoms with Crippen LogP contribution in [0.3, 0.4) is 0 Å². The van der Waals surface area contributed by atoms with Crippen LogP contribution in [-0.2, 0) is 0 Å². The summed E-state index contributed by atoms with van der Waals surface area (Å²) in [5, 5.41) is 4.58. The summed E-state index contributed by atoms with van der Waals surface area (Å²) < 4.78 is 14.8. The minimum absolute atomic E-state index is 0.397. The van der Waals surface area contributed by atoms with Crippen molar-refractivity contribution in [1.82, 2.24) is 19.6 Å². The molecule has 0 N–H and O–H groups in total. The zero-order valence-electron chi connectivity index (χ0n) is 14.9. The van der Waals surface area contributed by atoms with E-state index in [2.05, 4.69) is 39.8 Å². The SMILES string of the molecule is C=CC(=C)c1c(C(=C)/C=C\C=NC)nn2ccc(-c3ccc(F)cn3)nc12. The minimum atomic E-state index is -0.397. The zero-order valence-corrected chi connectivity index (χ0v) is 14.9. The molecular formula is C21H18FN5. The fourth-order valence-corrected chi connectivity index (χ4v) is 2.55. The number of rotatable bonds is 6. The molecule has 3 aromatic rings. The van der Waals surface area contributed by atoms with Gasteiger partial charge < -0.3 is 0 Å². The Kier molecular flexibility index (Phi) is 5.17. The molecule has 0 atom stereocenters. The number of aromatic nitrogens is 4. The van der Waals surface area contributed by atoms with E-state index >= 15 is 0 Å². The lowest BCUT2D eigenvalue weighted by atomic mass is 10.0. The Labute approximate surface area is 156 Å². The van der Waals surface area contributed by atoms with Gasteiger partial charge in [0.25, 0.3) is 0 Å². The van der Waals surface area contributed by atoms with Crippen molar-refractivity contribution in [2.75, 3.05) is 7.05 Å². The van der Waals surface area contributed by atoms with Crippen LogP contribution in [-0.4, -0.2) is 32.8 Å². The molecule has 0 aliphatic rings. The van der Waals surface area contributed by atoms with Gasteiger partial charge in [0.15, 0.2) is 5.65 Å². The first-order chi connectivity index (χ1) is 13.0. The molecule has 134 valence electrons. The maximum absolute atomic E-state index is 13.1. The summed E-state index contributed by atoms with van der Waals surface area (Å²) in [6, 6.07) is 4.70. The van der Waals surface area contributed by atoms with Gasteiger partial charge in [0.1, 0.15) is 11.5 Å². The molecule has 0 saturated heterocycles. The lowest BCUT2D eigenvalue weighted by molar-refractivity contribution is 0.622. The summed E-state index contributed by atoms with van der Waals surface area (Å²) in [4.78, 5) is 12.7. The van der Waals surface area contributed by atoms with Crippen LogP contribution in [0.25, 0.3) is 28.2 Å². The highest BCUT2D eigenvalue weighted by atomic mass is 19.1. The third-order valence-corrected chi connectivity index (χ3v) is 3.88. The van der Waals surface area contributed by atoms with Crippen LogP contribution < -0.4 is 0 Å². The van der Waals surface area contributed by atoms with Crippen molar-refractivity contribution in [2.24, 2.45) is 4.99 Å². The maximum atomic E-state index is 13.1. The molecule has 0 bridgehead atoms. The highest BCUT2D eigenvalue weighted by Gasteiger charge is 2.17. The number of hydrogen-bond donors (Lipinski definition) is 0. The third-order valence-electron chi connectivity index (χ3n) is 3.88. The molecule has 0 aliphatic heterocycles. The van der Waals surface area contributed by atoms with E-state index in [0.29, 0.717) is 33.9 Å². The third kappa shape index (κ3) is 3.64. The minimum Gasteiger partial charge on any atom is -0.297 e. The van der Waals surface area contributed by atoms with Crippen LogP contribution in [0.1, 0.15) is 11.3 Å². The molecule has 3 aromatic heterocycles. The van der Waals surface area contributed by atoms with E-state index in [-0.39, 0.29) is 0 Å². The van der Waals surface area contributed by atoms with E-state index in [0.717, 1.165) is 11.8 Å². The Hall–Kier alpha value is -3.67. The number of fused-ring (bicyclic) bond motifs is 1. The average molecular weight is 359 g/mol. The van der Waals surface area contributed by atoms with Gasteiger partial charge in [-0.3, -0.25) is 9.98 Å². The van der Waals surface area contributed by atoms with Gasteiger partial charge >= 0.3 is 0 Å². The summed E-state index contributed by atoms with van der Waals surface area (Å²) >= 11 is 0. The summed E-state index contributed by atoms with van der Waals surface area (Å²) in [6.45, 7) is 11.9. The van der Waals surface area contributed by atoms with Gasteiger partial charge in [0, 0.05) is 19.5 Å². The van der Waals surface area contributed by atoms with Crippen molar-refractivity contribution in [3.05, 3.63) is 85.6 Å². The second-order valence-electron chi connectivity index (χ2n) is 5.69. The molecule has 27 heavy (non-hydrogen) atoms. The van der Waals surface area contributed by atoms with Gasteiger partial charge in [0.05, 0.1) is 23.1 Å². The first kappa shape index (κ1) is 18.1. The Bertz CT molecular complexity index is 1090. The molecule has 0 aromatic carbocycles. The van der Waals surface area contributed by atoms with Crippen molar-refractivity contribution in [2.45, 2.75) is 0 Å². The van der Waals surface area contributed by atoms with Crippen molar-refractivity contribution >= 4 is 23.0 Å². The lowest BCUT2D eigenvalue weighted by Crippen LogP contribution is -1.94. The predicted molar refractivity (Wildman–Crippen MR) is 108 cm³/mol. The summed E-state index contributed by atoms with van der Waals surface area (Å²) in [5.74, 6) is -0.397. The van der Waals surface area contributed by atoms with E-state index in [1.165, 1.54) is 6.07 Å². The van der Waals surface area contributed by atoms with Crippen LogP contribution in [0.5, 0.6) is 0 Å². The van der Waals surface area contributed by atoms with Crippen LogP contribution in [0, 0.1) is 5.82 Å². The van der Waals surface area contributed by atoms with E-state index in [1.54, 1.807) is 48.3 Å². The molecule has 6 heteroatoms. The molecule has 3 rings (SSSR count). The molecule has 0 unspecified atom stereocenters. The molecule has 3 heterocycles. The first-order valence-electron chi connectivity index (χ1n) is 8.16. The van der Waals surface area contributed by atoms with Crippen molar-refractivity contribution in [3.8, 4) is 11.4 Å². The molecule has 0 fully saturated rings. The fourth-order valence-electron chi connectivity index (χ4n) is 2.55. The first-order valence-corrected chi connectivity index (χ1v) is 8.16. The Balaban J connectivity index is 2.17. The van der Waals surface area contributed by atoms with Gasteiger partial charge in [-0.2, -0.15) is 5.10 Å². The Morgan fingerprint density at radius 3 is 2.67 bits per heavy atom.